The Morgan fingerprint density at radius 3 is 2.54 bits per heavy atom. The number of hydrogen-bond acceptors (Lipinski definition) is 4. The molecule has 0 saturated carbocycles. The molecule has 132 valence electrons. The molecule has 2 aromatic carbocycles. The van der Waals surface area contributed by atoms with Crippen molar-refractivity contribution < 1.29 is 8.78 Å². The predicted molar refractivity (Wildman–Crippen MR) is 98.2 cm³/mol. The van der Waals surface area contributed by atoms with Crippen LogP contribution in [0.2, 0.25) is 0 Å². The number of benzene rings is 2. The maximum Gasteiger partial charge on any atom is 0.229 e. The highest BCUT2D eigenvalue weighted by atomic mass is 19.1. The molecule has 1 N–H and O–H groups in total. The van der Waals surface area contributed by atoms with Gasteiger partial charge in [-0.15, -0.1) is 0 Å². The maximum absolute atomic E-state index is 13.9. The molecule has 0 amide bonds. The second-order valence-electron chi connectivity index (χ2n) is 6.46. The summed E-state index contributed by atoms with van der Waals surface area (Å²) in [4.78, 5) is 10.9. The van der Waals surface area contributed by atoms with Gasteiger partial charge in [-0.3, -0.25) is 0 Å². The number of nitrogens with zero attached hydrogens (tertiary/aromatic N) is 3. The van der Waals surface area contributed by atoms with Gasteiger partial charge in [0, 0.05) is 23.5 Å². The van der Waals surface area contributed by atoms with Gasteiger partial charge in [0.2, 0.25) is 5.95 Å². The van der Waals surface area contributed by atoms with Crippen LogP contribution in [0.25, 0.3) is 0 Å². The molecule has 0 spiro atoms. The summed E-state index contributed by atoms with van der Waals surface area (Å²) in [5.41, 5.74) is 2.82. The molecule has 1 aromatic heterocycles. The first kappa shape index (κ1) is 16.4. The first-order chi connectivity index (χ1) is 12.5. The van der Waals surface area contributed by atoms with Gasteiger partial charge in [0.25, 0.3) is 0 Å². The van der Waals surface area contributed by atoms with Gasteiger partial charge in [0.05, 0.1) is 0 Å². The van der Waals surface area contributed by atoms with Crippen molar-refractivity contribution in [1.82, 2.24) is 9.97 Å². The van der Waals surface area contributed by atoms with E-state index < -0.39 is 11.6 Å². The zero-order valence-corrected chi connectivity index (χ0v) is 14.5. The lowest BCUT2D eigenvalue weighted by atomic mass is 10.1. The van der Waals surface area contributed by atoms with Crippen molar-refractivity contribution >= 4 is 23.1 Å². The van der Waals surface area contributed by atoms with Crippen LogP contribution in [0, 0.1) is 18.6 Å². The van der Waals surface area contributed by atoms with Gasteiger partial charge in [-0.05, 0) is 44.0 Å². The molecule has 0 aliphatic carbocycles. The molecule has 4 nitrogen and oxygen atoms in total. The first-order valence-electron chi connectivity index (χ1n) is 8.47. The van der Waals surface area contributed by atoms with Crippen molar-refractivity contribution in [2.45, 2.75) is 26.3 Å². The molecule has 1 unspecified atom stereocenters. The van der Waals surface area contributed by atoms with Crippen LogP contribution in [-0.4, -0.2) is 16.0 Å². The molecule has 0 saturated heterocycles. The molecule has 4 rings (SSSR count). The average Bonchev–Trinajstić information content (AvgIpc) is 2.93. The standard InChI is InChI=1S/C20H18F2N4/c1-12-10-18(26-13(2)11-14-6-3-4-9-17(14)26)24-20(23-12)25-19-15(21)7-5-8-16(19)22/h3-10,13H,11H2,1-2H3,(H,23,24,25). The first-order valence-corrected chi connectivity index (χ1v) is 8.47. The number of hydrogen-bond donors (Lipinski definition) is 1. The van der Waals surface area contributed by atoms with Crippen LogP contribution < -0.4 is 10.2 Å². The fourth-order valence-electron chi connectivity index (χ4n) is 3.37. The third-order valence-electron chi connectivity index (χ3n) is 4.49. The third-order valence-corrected chi connectivity index (χ3v) is 4.49. The fourth-order valence-corrected chi connectivity index (χ4v) is 3.37. The molecule has 1 aliphatic rings. The van der Waals surface area contributed by atoms with Crippen molar-refractivity contribution in [2.75, 3.05) is 10.2 Å². The highest BCUT2D eigenvalue weighted by Crippen LogP contribution is 2.37. The summed E-state index contributed by atoms with van der Waals surface area (Å²) >= 11 is 0. The zero-order valence-electron chi connectivity index (χ0n) is 14.5. The van der Waals surface area contributed by atoms with Crippen LogP contribution >= 0.6 is 0 Å². The van der Waals surface area contributed by atoms with E-state index in [4.69, 9.17) is 0 Å². The van der Waals surface area contributed by atoms with E-state index in [1.165, 1.54) is 23.8 Å². The molecule has 1 aliphatic heterocycles. The average molecular weight is 352 g/mol. The van der Waals surface area contributed by atoms with Crippen LogP contribution in [0.1, 0.15) is 18.2 Å². The quantitative estimate of drug-likeness (QED) is 0.729. The van der Waals surface area contributed by atoms with E-state index in [-0.39, 0.29) is 17.7 Å². The number of para-hydroxylation sites is 2. The Hall–Kier alpha value is -3.02. The number of anilines is 4. The van der Waals surface area contributed by atoms with E-state index in [1.807, 2.05) is 25.1 Å². The Bertz CT molecular complexity index is 954. The maximum atomic E-state index is 13.9. The van der Waals surface area contributed by atoms with Gasteiger partial charge in [0.1, 0.15) is 23.1 Å². The second-order valence-corrected chi connectivity index (χ2v) is 6.46. The molecular formula is C20H18F2N4. The van der Waals surface area contributed by atoms with E-state index in [9.17, 15) is 8.78 Å². The molecule has 0 radical (unpaired) electrons. The van der Waals surface area contributed by atoms with Gasteiger partial charge in [-0.2, -0.15) is 4.98 Å². The summed E-state index contributed by atoms with van der Waals surface area (Å²) in [7, 11) is 0. The number of halogens is 2. The summed E-state index contributed by atoms with van der Waals surface area (Å²) in [5.74, 6) is -0.497. The highest BCUT2D eigenvalue weighted by Gasteiger charge is 2.28. The monoisotopic (exact) mass is 352 g/mol. The minimum Gasteiger partial charge on any atom is -0.323 e. The largest absolute Gasteiger partial charge is 0.323 e. The number of fused-ring (bicyclic) bond motifs is 1. The Balaban J connectivity index is 1.74. The van der Waals surface area contributed by atoms with Gasteiger partial charge in [-0.25, -0.2) is 13.8 Å². The molecule has 0 fully saturated rings. The lowest BCUT2D eigenvalue weighted by Gasteiger charge is -2.24. The third kappa shape index (κ3) is 2.87. The van der Waals surface area contributed by atoms with Gasteiger partial charge < -0.3 is 10.2 Å². The lowest BCUT2D eigenvalue weighted by Crippen LogP contribution is -2.25. The van der Waals surface area contributed by atoms with E-state index >= 15 is 0 Å². The van der Waals surface area contributed by atoms with Crippen LogP contribution in [0.5, 0.6) is 0 Å². The number of aryl methyl sites for hydroxylation is 1. The van der Waals surface area contributed by atoms with Crippen molar-refractivity contribution in [1.29, 1.82) is 0 Å². The van der Waals surface area contributed by atoms with Gasteiger partial charge >= 0.3 is 0 Å². The number of nitrogens with one attached hydrogen (secondary N) is 1. The molecule has 3 aromatic rings. The summed E-state index contributed by atoms with van der Waals surface area (Å²) in [5, 5.41) is 2.69. The topological polar surface area (TPSA) is 41.1 Å². The molecule has 0 bridgehead atoms. The minimum absolute atomic E-state index is 0.167. The van der Waals surface area contributed by atoms with E-state index in [1.54, 1.807) is 0 Å². The van der Waals surface area contributed by atoms with Crippen molar-refractivity contribution in [2.24, 2.45) is 0 Å². The van der Waals surface area contributed by atoms with Gasteiger partial charge in [-0.1, -0.05) is 24.3 Å². The van der Waals surface area contributed by atoms with Crippen LogP contribution in [0.4, 0.5) is 31.9 Å². The number of rotatable bonds is 3. The van der Waals surface area contributed by atoms with Crippen LogP contribution in [0.15, 0.2) is 48.5 Å². The highest BCUT2D eigenvalue weighted by molar-refractivity contribution is 5.70. The zero-order chi connectivity index (χ0) is 18.3. The van der Waals surface area contributed by atoms with Crippen LogP contribution in [0.3, 0.4) is 0 Å². The Morgan fingerprint density at radius 1 is 1.04 bits per heavy atom. The van der Waals surface area contributed by atoms with Crippen molar-refractivity contribution in [3.63, 3.8) is 0 Å². The van der Waals surface area contributed by atoms with E-state index in [2.05, 4.69) is 39.2 Å². The fraction of sp³-hybridized carbons (Fsp3) is 0.200. The minimum atomic E-state index is -0.684. The van der Waals surface area contributed by atoms with E-state index in [0.717, 1.165) is 12.1 Å². The summed E-state index contributed by atoms with van der Waals surface area (Å²) in [6.45, 7) is 3.96. The Morgan fingerprint density at radius 2 is 1.77 bits per heavy atom. The normalized spacial score (nSPS) is 15.8. The van der Waals surface area contributed by atoms with Gasteiger partial charge in [0.15, 0.2) is 0 Å². The second kappa shape index (κ2) is 6.37. The number of aromatic nitrogens is 2. The summed E-state index contributed by atoms with van der Waals surface area (Å²) in [6, 6.07) is 14.0. The SMILES string of the molecule is Cc1cc(N2c3ccccc3CC2C)nc(Nc2c(F)cccc2F)n1. The summed E-state index contributed by atoms with van der Waals surface area (Å²) in [6.07, 6.45) is 0.921. The van der Waals surface area contributed by atoms with Crippen LogP contribution in [-0.2, 0) is 6.42 Å². The Kier molecular flexibility index (Phi) is 4.03. The Labute approximate surface area is 150 Å². The van der Waals surface area contributed by atoms with E-state index in [0.29, 0.717) is 11.5 Å². The molecular weight excluding hydrogens is 334 g/mol. The molecule has 1 atom stereocenters. The molecule has 2 heterocycles. The lowest BCUT2D eigenvalue weighted by molar-refractivity contribution is 0.590. The summed E-state index contributed by atoms with van der Waals surface area (Å²) < 4.78 is 27.9. The predicted octanol–water partition coefficient (Wildman–Crippen LogP) is 4.89. The molecule has 26 heavy (non-hydrogen) atoms. The van der Waals surface area contributed by atoms with Crippen molar-refractivity contribution in [3.8, 4) is 0 Å². The van der Waals surface area contributed by atoms with Crippen molar-refractivity contribution in [3.05, 3.63) is 71.4 Å². The molecule has 6 heteroatoms. The smallest absolute Gasteiger partial charge is 0.229 e.